The minimum atomic E-state index is -0.852. The van der Waals surface area contributed by atoms with Crippen LogP contribution in [0.15, 0.2) is 0 Å². The Balaban J connectivity index is 2.10. The maximum Gasteiger partial charge on any atom is 0.325 e. The number of hydrogen-bond acceptors (Lipinski definition) is 5. The summed E-state index contributed by atoms with van der Waals surface area (Å²) in [5, 5.41) is 13.2. The molecule has 6 nitrogen and oxygen atoms in total. The number of rotatable bonds is 8. The van der Waals surface area contributed by atoms with Crippen molar-refractivity contribution in [2.45, 2.75) is 50.5 Å². The van der Waals surface area contributed by atoms with E-state index in [1.54, 1.807) is 14.2 Å². The number of methoxy groups -OCH3 is 2. The van der Waals surface area contributed by atoms with Crippen LogP contribution in [0.1, 0.15) is 26.7 Å². The molecule has 1 saturated heterocycles. The van der Waals surface area contributed by atoms with Crippen molar-refractivity contribution in [3.05, 3.63) is 0 Å². The molecule has 21 heavy (non-hydrogen) atoms. The molecule has 3 atom stereocenters. The zero-order valence-electron chi connectivity index (χ0n) is 13.5. The number of nitrogens with zero attached hydrogens (tertiary/aromatic N) is 1. The molecule has 2 N–H and O–H groups in total. The molecule has 0 radical (unpaired) electrons. The molecule has 0 bridgehead atoms. The van der Waals surface area contributed by atoms with Gasteiger partial charge in [0.15, 0.2) is 0 Å². The normalized spacial score (nSPS) is 29.8. The van der Waals surface area contributed by atoms with Crippen LogP contribution < -0.4 is 5.32 Å². The lowest BCUT2D eigenvalue weighted by Gasteiger charge is -2.36. The first-order valence-electron chi connectivity index (χ1n) is 7.72. The van der Waals surface area contributed by atoms with Crippen molar-refractivity contribution in [1.29, 1.82) is 0 Å². The van der Waals surface area contributed by atoms with Gasteiger partial charge in [0, 0.05) is 39.9 Å². The number of likely N-dealkylation sites (tertiary alicyclic amines) is 1. The Labute approximate surface area is 126 Å². The Morgan fingerprint density at radius 3 is 2.14 bits per heavy atom. The summed E-state index contributed by atoms with van der Waals surface area (Å²) < 4.78 is 10.9. The molecule has 1 aliphatic carbocycles. The zero-order valence-corrected chi connectivity index (χ0v) is 13.5. The van der Waals surface area contributed by atoms with E-state index in [0.717, 1.165) is 25.9 Å². The van der Waals surface area contributed by atoms with Crippen molar-refractivity contribution in [1.82, 2.24) is 10.2 Å². The second kappa shape index (κ2) is 6.60. The van der Waals surface area contributed by atoms with E-state index < -0.39 is 11.5 Å². The fraction of sp³-hybridized carbons (Fsp3) is 0.933. The van der Waals surface area contributed by atoms with Crippen molar-refractivity contribution in [3.63, 3.8) is 0 Å². The highest BCUT2D eigenvalue weighted by Gasteiger charge is 2.53. The Kier molecular flexibility index (Phi) is 5.24. The fourth-order valence-corrected chi connectivity index (χ4v) is 3.44. The molecule has 6 heteroatoms. The average Bonchev–Trinajstić information content (AvgIpc) is 3.19. The number of carboxylic acid groups (broad SMARTS) is 1. The lowest BCUT2D eigenvalue weighted by molar-refractivity contribution is -0.147. The minimum Gasteiger partial charge on any atom is -0.480 e. The van der Waals surface area contributed by atoms with Gasteiger partial charge in [-0.2, -0.15) is 0 Å². The molecule has 0 aromatic heterocycles. The van der Waals surface area contributed by atoms with Crippen LogP contribution in [0, 0.1) is 5.92 Å². The van der Waals surface area contributed by atoms with E-state index in [2.05, 4.69) is 10.2 Å². The molecular weight excluding hydrogens is 272 g/mol. The average molecular weight is 300 g/mol. The number of ether oxygens (including phenoxy) is 2. The van der Waals surface area contributed by atoms with Crippen LogP contribution in [0.5, 0.6) is 0 Å². The van der Waals surface area contributed by atoms with Gasteiger partial charge in [0.25, 0.3) is 0 Å². The molecule has 0 aromatic carbocycles. The molecule has 1 aliphatic heterocycles. The lowest BCUT2D eigenvalue weighted by atomic mass is 9.91. The minimum absolute atomic E-state index is 0.0137. The van der Waals surface area contributed by atoms with E-state index in [9.17, 15) is 9.90 Å². The van der Waals surface area contributed by atoms with Gasteiger partial charge in [-0.25, -0.2) is 0 Å². The Morgan fingerprint density at radius 1 is 1.29 bits per heavy atom. The highest BCUT2D eigenvalue weighted by atomic mass is 16.5. The fourth-order valence-electron chi connectivity index (χ4n) is 3.44. The molecule has 0 spiro atoms. The van der Waals surface area contributed by atoms with Crippen LogP contribution >= 0.6 is 0 Å². The van der Waals surface area contributed by atoms with Gasteiger partial charge in [0.05, 0.1) is 12.2 Å². The summed E-state index contributed by atoms with van der Waals surface area (Å²) in [5.41, 5.74) is -0.852. The van der Waals surface area contributed by atoms with Crippen molar-refractivity contribution < 1.29 is 19.4 Å². The third kappa shape index (κ3) is 3.56. The summed E-state index contributed by atoms with van der Waals surface area (Å²) in [6.45, 7) is 5.94. The second-order valence-electron chi connectivity index (χ2n) is 6.59. The third-order valence-electron chi connectivity index (χ3n) is 4.57. The van der Waals surface area contributed by atoms with Crippen LogP contribution in [-0.4, -0.2) is 73.6 Å². The molecular formula is C15H28N2O4. The molecule has 0 amide bonds. The highest BCUT2D eigenvalue weighted by Crippen LogP contribution is 2.41. The lowest BCUT2D eigenvalue weighted by Crippen LogP contribution is -2.62. The van der Waals surface area contributed by atoms with Gasteiger partial charge in [0.2, 0.25) is 0 Å². The van der Waals surface area contributed by atoms with Gasteiger partial charge in [-0.05, 0) is 32.6 Å². The summed E-state index contributed by atoms with van der Waals surface area (Å²) in [6.07, 6.45) is 2.00. The van der Waals surface area contributed by atoms with E-state index in [1.165, 1.54) is 0 Å². The molecule has 2 rings (SSSR count). The monoisotopic (exact) mass is 300 g/mol. The number of hydrogen-bond donors (Lipinski definition) is 2. The summed E-state index contributed by atoms with van der Waals surface area (Å²) in [4.78, 5) is 14.1. The van der Waals surface area contributed by atoms with E-state index in [4.69, 9.17) is 9.47 Å². The SMILES string of the molecule is COC1CN(CC(NC(C)C)(C(=O)O)C2CC2)CC1OC. The Morgan fingerprint density at radius 2 is 1.81 bits per heavy atom. The van der Waals surface area contributed by atoms with Crippen molar-refractivity contribution in [2.75, 3.05) is 33.9 Å². The van der Waals surface area contributed by atoms with Gasteiger partial charge < -0.3 is 14.6 Å². The van der Waals surface area contributed by atoms with Crippen molar-refractivity contribution in [2.24, 2.45) is 5.92 Å². The van der Waals surface area contributed by atoms with Gasteiger partial charge >= 0.3 is 5.97 Å². The number of carboxylic acids is 1. The third-order valence-corrected chi connectivity index (χ3v) is 4.57. The first-order chi connectivity index (χ1) is 9.92. The predicted molar refractivity (Wildman–Crippen MR) is 79.4 cm³/mol. The second-order valence-corrected chi connectivity index (χ2v) is 6.59. The van der Waals surface area contributed by atoms with Crippen LogP contribution in [0.25, 0.3) is 0 Å². The van der Waals surface area contributed by atoms with Crippen LogP contribution in [0.2, 0.25) is 0 Å². The largest absolute Gasteiger partial charge is 0.480 e. The van der Waals surface area contributed by atoms with E-state index in [-0.39, 0.29) is 24.2 Å². The van der Waals surface area contributed by atoms with E-state index >= 15 is 0 Å². The van der Waals surface area contributed by atoms with E-state index in [0.29, 0.717) is 6.54 Å². The Hall–Kier alpha value is -0.690. The summed E-state index contributed by atoms with van der Waals surface area (Å²) >= 11 is 0. The molecule has 3 unspecified atom stereocenters. The van der Waals surface area contributed by atoms with Crippen LogP contribution in [0.4, 0.5) is 0 Å². The molecule has 2 aliphatic rings. The Bertz CT molecular complexity index is 361. The van der Waals surface area contributed by atoms with Crippen LogP contribution in [-0.2, 0) is 14.3 Å². The van der Waals surface area contributed by atoms with Gasteiger partial charge in [-0.15, -0.1) is 0 Å². The smallest absolute Gasteiger partial charge is 0.325 e. The number of carbonyl (C=O) groups is 1. The molecule has 1 saturated carbocycles. The van der Waals surface area contributed by atoms with Crippen molar-refractivity contribution >= 4 is 5.97 Å². The van der Waals surface area contributed by atoms with Gasteiger partial charge in [0.1, 0.15) is 5.54 Å². The highest BCUT2D eigenvalue weighted by molar-refractivity contribution is 5.80. The summed E-state index contributed by atoms with van der Waals surface area (Å²) in [6, 6.07) is 0.140. The van der Waals surface area contributed by atoms with Crippen molar-refractivity contribution in [3.8, 4) is 0 Å². The first-order valence-corrected chi connectivity index (χ1v) is 7.72. The van der Waals surface area contributed by atoms with Gasteiger partial charge in [-0.3, -0.25) is 15.0 Å². The molecule has 122 valence electrons. The summed E-state index contributed by atoms with van der Waals surface area (Å²) in [7, 11) is 3.36. The standard InChI is InChI=1S/C15H28N2O4/c1-10(2)16-15(14(18)19,11-5-6-11)9-17-7-12(20-3)13(8-17)21-4/h10-13,16H,5-9H2,1-4H3,(H,18,19). The predicted octanol–water partition coefficient (Wildman–Crippen LogP) is 0.563. The topological polar surface area (TPSA) is 71.0 Å². The van der Waals surface area contributed by atoms with Crippen LogP contribution in [0.3, 0.4) is 0 Å². The maximum absolute atomic E-state index is 12.0. The number of aliphatic carboxylic acids is 1. The molecule has 1 heterocycles. The maximum atomic E-state index is 12.0. The quantitative estimate of drug-likeness (QED) is 0.683. The summed E-state index contributed by atoms with van der Waals surface area (Å²) in [5.74, 6) is -0.520. The number of nitrogens with one attached hydrogen (secondary N) is 1. The van der Waals surface area contributed by atoms with Gasteiger partial charge in [-0.1, -0.05) is 0 Å². The molecule has 0 aromatic rings. The molecule has 2 fully saturated rings. The first kappa shape index (κ1) is 16.7. The van der Waals surface area contributed by atoms with E-state index in [1.807, 2.05) is 13.8 Å². The zero-order chi connectivity index (χ0) is 15.6.